The minimum atomic E-state index is 1.12. The van der Waals surface area contributed by atoms with E-state index < -0.39 is 0 Å². The third-order valence-electron chi connectivity index (χ3n) is 2.64. The van der Waals surface area contributed by atoms with Crippen LogP contribution in [0, 0.1) is 13.8 Å². The normalized spacial score (nSPS) is 10.2. The Morgan fingerprint density at radius 1 is 1.15 bits per heavy atom. The molecule has 0 spiro atoms. The average molecular weight is 177 g/mol. The number of benzene rings is 1. The van der Waals surface area contributed by atoms with Gasteiger partial charge in [-0.15, -0.1) is 0 Å². The first kappa shape index (κ1) is 10.1. The molecule has 0 saturated heterocycles. The van der Waals surface area contributed by atoms with E-state index >= 15 is 0 Å². The van der Waals surface area contributed by atoms with Crippen molar-refractivity contribution in [3.63, 3.8) is 0 Å². The van der Waals surface area contributed by atoms with Gasteiger partial charge in [0.05, 0.1) is 0 Å². The van der Waals surface area contributed by atoms with Gasteiger partial charge in [0.25, 0.3) is 0 Å². The summed E-state index contributed by atoms with van der Waals surface area (Å²) in [4.78, 5) is 2.17. The Hall–Kier alpha value is -0.980. The summed E-state index contributed by atoms with van der Waals surface area (Å²) >= 11 is 0. The first-order valence-corrected chi connectivity index (χ1v) is 4.84. The van der Waals surface area contributed by atoms with E-state index in [-0.39, 0.29) is 0 Å². The fourth-order valence-electron chi connectivity index (χ4n) is 1.91. The van der Waals surface area contributed by atoms with Crippen LogP contribution < -0.4 is 4.90 Å². The van der Waals surface area contributed by atoms with Crippen LogP contribution in [0.15, 0.2) is 12.1 Å². The van der Waals surface area contributed by atoms with Gasteiger partial charge >= 0.3 is 0 Å². The van der Waals surface area contributed by atoms with E-state index in [4.69, 9.17) is 0 Å². The highest BCUT2D eigenvalue weighted by atomic mass is 15.1. The van der Waals surface area contributed by atoms with Gasteiger partial charge in [-0.05, 0) is 43.0 Å². The topological polar surface area (TPSA) is 3.24 Å². The third-order valence-corrected chi connectivity index (χ3v) is 2.64. The second-order valence-corrected chi connectivity index (χ2v) is 3.75. The summed E-state index contributed by atoms with van der Waals surface area (Å²) in [5.74, 6) is 0. The fourth-order valence-corrected chi connectivity index (χ4v) is 1.91. The molecule has 0 aliphatic heterocycles. The predicted molar refractivity (Wildman–Crippen MR) is 59.6 cm³/mol. The molecular formula is C12H19N. The SMILES string of the molecule is CCc1c(C)ccc(N(C)C)c1C. The summed E-state index contributed by atoms with van der Waals surface area (Å²) in [6.45, 7) is 6.61. The smallest absolute Gasteiger partial charge is 0.0393 e. The van der Waals surface area contributed by atoms with Gasteiger partial charge in [0.1, 0.15) is 0 Å². The molecule has 0 heterocycles. The van der Waals surface area contributed by atoms with Gasteiger partial charge in [0.2, 0.25) is 0 Å². The number of nitrogens with zero attached hydrogens (tertiary/aromatic N) is 1. The second kappa shape index (κ2) is 3.82. The maximum absolute atomic E-state index is 2.22. The quantitative estimate of drug-likeness (QED) is 0.671. The number of hydrogen-bond donors (Lipinski definition) is 0. The predicted octanol–water partition coefficient (Wildman–Crippen LogP) is 2.93. The zero-order valence-corrected chi connectivity index (χ0v) is 9.31. The molecule has 0 fully saturated rings. The molecule has 0 unspecified atom stereocenters. The Labute approximate surface area is 81.4 Å². The van der Waals surface area contributed by atoms with Crippen molar-refractivity contribution in [1.29, 1.82) is 0 Å². The van der Waals surface area contributed by atoms with E-state index in [1.807, 2.05) is 0 Å². The van der Waals surface area contributed by atoms with Crippen molar-refractivity contribution in [3.8, 4) is 0 Å². The molecule has 0 aliphatic rings. The summed E-state index contributed by atoms with van der Waals surface area (Å²) in [5, 5.41) is 0. The molecule has 0 aromatic heterocycles. The van der Waals surface area contributed by atoms with Crippen LogP contribution >= 0.6 is 0 Å². The lowest BCUT2D eigenvalue weighted by atomic mass is 9.99. The van der Waals surface area contributed by atoms with E-state index in [9.17, 15) is 0 Å². The molecule has 1 aromatic carbocycles. The summed E-state index contributed by atoms with van der Waals surface area (Å²) in [6, 6.07) is 4.41. The highest BCUT2D eigenvalue weighted by Crippen LogP contribution is 2.24. The Morgan fingerprint density at radius 2 is 1.77 bits per heavy atom. The molecule has 0 N–H and O–H groups in total. The van der Waals surface area contributed by atoms with Crippen LogP contribution in [0.2, 0.25) is 0 Å². The van der Waals surface area contributed by atoms with Gasteiger partial charge < -0.3 is 4.90 Å². The van der Waals surface area contributed by atoms with E-state index in [1.165, 1.54) is 22.4 Å². The zero-order chi connectivity index (χ0) is 10.0. The lowest BCUT2D eigenvalue weighted by Gasteiger charge is -2.19. The molecule has 72 valence electrons. The second-order valence-electron chi connectivity index (χ2n) is 3.75. The van der Waals surface area contributed by atoms with Gasteiger partial charge in [-0.1, -0.05) is 13.0 Å². The van der Waals surface area contributed by atoms with Crippen LogP contribution in [0.1, 0.15) is 23.6 Å². The van der Waals surface area contributed by atoms with Gasteiger partial charge in [0.15, 0.2) is 0 Å². The van der Waals surface area contributed by atoms with Crippen molar-refractivity contribution in [3.05, 3.63) is 28.8 Å². The summed E-state index contributed by atoms with van der Waals surface area (Å²) in [7, 11) is 4.19. The number of aryl methyl sites for hydroxylation is 1. The minimum Gasteiger partial charge on any atom is -0.377 e. The first-order valence-electron chi connectivity index (χ1n) is 4.84. The van der Waals surface area contributed by atoms with Crippen LogP contribution in [-0.2, 0) is 6.42 Å². The van der Waals surface area contributed by atoms with Gasteiger partial charge in [0, 0.05) is 19.8 Å². The standard InChI is InChI=1S/C12H19N/c1-6-11-9(2)7-8-12(10(11)3)13(4)5/h7-8H,6H2,1-5H3. The minimum absolute atomic E-state index is 1.12. The van der Waals surface area contributed by atoms with Crippen molar-refractivity contribution in [1.82, 2.24) is 0 Å². The highest BCUT2D eigenvalue weighted by Gasteiger charge is 2.06. The maximum atomic E-state index is 2.22. The molecule has 1 rings (SSSR count). The molecule has 1 aromatic rings. The van der Waals surface area contributed by atoms with Crippen molar-refractivity contribution in [2.24, 2.45) is 0 Å². The molecule has 0 radical (unpaired) electrons. The molecular weight excluding hydrogens is 158 g/mol. The lowest BCUT2D eigenvalue weighted by Crippen LogP contribution is -2.11. The van der Waals surface area contributed by atoms with Crippen LogP contribution in [0.25, 0.3) is 0 Å². The third kappa shape index (κ3) is 1.85. The molecule has 0 bridgehead atoms. The van der Waals surface area contributed by atoms with E-state index in [1.54, 1.807) is 0 Å². The van der Waals surface area contributed by atoms with Crippen LogP contribution in [0.3, 0.4) is 0 Å². The van der Waals surface area contributed by atoms with Gasteiger partial charge in [-0.2, -0.15) is 0 Å². The number of rotatable bonds is 2. The van der Waals surface area contributed by atoms with E-state index in [0.29, 0.717) is 0 Å². The monoisotopic (exact) mass is 177 g/mol. The molecule has 13 heavy (non-hydrogen) atoms. The molecule has 1 heteroatoms. The van der Waals surface area contributed by atoms with Crippen molar-refractivity contribution in [2.45, 2.75) is 27.2 Å². The van der Waals surface area contributed by atoms with Gasteiger partial charge in [-0.25, -0.2) is 0 Å². The van der Waals surface area contributed by atoms with Crippen molar-refractivity contribution in [2.75, 3.05) is 19.0 Å². The first-order chi connectivity index (χ1) is 6.07. The largest absolute Gasteiger partial charge is 0.377 e. The van der Waals surface area contributed by atoms with Crippen LogP contribution in [-0.4, -0.2) is 14.1 Å². The fraction of sp³-hybridized carbons (Fsp3) is 0.500. The van der Waals surface area contributed by atoms with Crippen LogP contribution in [0.4, 0.5) is 5.69 Å². The average Bonchev–Trinajstić information content (AvgIpc) is 2.04. The van der Waals surface area contributed by atoms with E-state index in [2.05, 4.69) is 51.9 Å². The molecule has 0 atom stereocenters. The number of anilines is 1. The molecule has 0 saturated carbocycles. The van der Waals surface area contributed by atoms with Crippen LogP contribution in [0.5, 0.6) is 0 Å². The number of hydrogen-bond acceptors (Lipinski definition) is 1. The highest BCUT2D eigenvalue weighted by molar-refractivity contribution is 5.57. The maximum Gasteiger partial charge on any atom is 0.0393 e. The molecule has 1 nitrogen and oxygen atoms in total. The lowest BCUT2D eigenvalue weighted by molar-refractivity contribution is 1.04. The van der Waals surface area contributed by atoms with Crippen molar-refractivity contribution < 1.29 is 0 Å². The Morgan fingerprint density at radius 3 is 2.23 bits per heavy atom. The van der Waals surface area contributed by atoms with Crippen molar-refractivity contribution >= 4 is 5.69 Å². The Bertz CT molecular complexity index is 300. The molecule has 0 amide bonds. The summed E-state index contributed by atoms with van der Waals surface area (Å²) in [5.41, 5.74) is 5.66. The zero-order valence-electron chi connectivity index (χ0n) is 9.31. The Balaban J connectivity index is 3.27. The summed E-state index contributed by atoms with van der Waals surface area (Å²) < 4.78 is 0. The van der Waals surface area contributed by atoms with E-state index in [0.717, 1.165) is 6.42 Å². The summed E-state index contributed by atoms with van der Waals surface area (Å²) in [6.07, 6.45) is 1.12. The Kier molecular flexibility index (Phi) is 2.97. The molecule has 0 aliphatic carbocycles. The van der Waals surface area contributed by atoms with Gasteiger partial charge in [-0.3, -0.25) is 0 Å².